The highest BCUT2D eigenvalue weighted by Crippen LogP contribution is 2.24. The maximum Gasteiger partial charge on any atom is 0.254 e. The molecule has 0 aliphatic carbocycles. The Labute approximate surface area is 191 Å². The number of nitrogens with zero attached hydrogens (tertiary/aromatic N) is 3. The molecule has 32 heavy (non-hydrogen) atoms. The number of aryl methyl sites for hydroxylation is 1. The molecule has 0 N–H and O–H groups in total. The van der Waals surface area contributed by atoms with Crippen molar-refractivity contribution in [3.05, 3.63) is 47.8 Å². The summed E-state index contributed by atoms with van der Waals surface area (Å²) in [6, 6.07) is 9.08. The van der Waals surface area contributed by atoms with Crippen LogP contribution in [0.25, 0.3) is 0 Å². The lowest BCUT2D eigenvalue weighted by Gasteiger charge is -2.29. The number of unbranched alkanes of at least 4 members (excludes halogenated alkanes) is 1. The topological polar surface area (TPSA) is 64.0 Å². The molecular formula is C25H37N3O4. The molecule has 0 aliphatic heterocycles. The van der Waals surface area contributed by atoms with E-state index in [0.717, 1.165) is 18.5 Å². The summed E-state index contributed by atoms with van der Waals surface area (Å²) in [6.45, 7) is 7.89. The number of methoxy groups -OCH3 is 2. The zero-order valence-corrected chi connectivity index (χ0v) is 20.3. The monoisotopic (exact) mass is 443 g/mol. The molecular weight excluding hydrogens is 406 g/mol. The highest BCUT2D eigenvalue weighted by Gasteiger charge is 2.24. The molecule has 0 saturated heterocycles. The van der Waals surface area contributed by atoms with Gasteiger partial charge >= 0.3 is 0 Å². The molecule has 2 amide bonds. The van der Waals surface area contributed by atoms with E-state index in [1.54, 1.807) is 37.3 Å². The van der Waals surface area contributed by atoms with Crippen molar-refractivity contribution >= 4 is 11.8 Å². The third-order valence-electron chi connectivity index (χ3n) is 5.34. The van der Waals surface area contributed by atoms with Crippen LogP contribution in [0.4, 0.5) is 0 Å². The Morgan fingerprint density at radius 1 is 1.06 bits per heavy atom. The second-order valence-corrected chi connectivity index (χ2v) is 8.46. The standard InChI is InChI=1S/C25H37N3O4/c1-7-8-12-27(17-21-10-9-11-26(21)4)24(29)18-28(16-19(2)3)25(30)20-13-22(31-5)15-23(14-20)32-6/h9-11,13-15,19H,7-8,12,16-18H2,1-6H3. The van der Waals surface area contributed by atoms with Gasteiger partial charge in [-0.2, -0.15) is 0 Å². The van der Waals surface area contributed by atoms with Crippen LogP contribution in [0.3, 0.4) is 0 Å². The smallest absolute Gasteiger partial charge is 0.254 e. The second kappa shape index (κ2) is 12.2. The number of aromatic nitrogens is 1. The molecule has 2 rings (SSSR count). The van der Waals surface area contributed by atoms with Gasteiger partial charge in [0.05, 0.1) is 20.8 Å². The summed E-state index contributed by atoms with van der Waals surface area (Å²) in [5.41, 5.74) is 1.51. The van der Waals surface area contributed by atoms with Gasteiger partial charge in [0.25, 0.3) is 5.91 Å². The maximum atomic E-state index is 13.4. The van der Waals surface area contributed by atoms with Crippen LogP contribution in [0.2, 0.25) is 0 Å². The fourth-order valence-electron chi connectivity index (χ4n) is 3.53. The van der Waals surface area contributed by atoms with Gasteiger partial charge in [0.15, 0.2) is 0 Å². The normalized spacial score (nSPS) is 10.8. The van der Waals surface area contributed by atoms with Gasteiger partial charge in [-0.1, -0.05) is 27.2 Å². The maximum absolute atomic E-state index is 13.4. The molecule has 0 saturated carbocycles. The Hall–Kier alpha value is -2.96. The fraction of sp³-hybridized carbons (Fsp3) is 0.520. The van der Waals surface area contributed by atoms with Gasteiger partial charge in [-0.25, -0.2) is 0 Å². The van der Waals surface area contributed by atoms with Crippen molar-refractivity contribution in [1.82, 2.24) is 14.4 Å². The average Bonchev–Trinajstić information content (AvgIpc) is 3.18. The molecule has 0 aliphatic rings. The predicted octanol–water partition coefficient (Wildman–Crippen LogP) is 3.97. The SMILES string of the molecule is CCCCN(Cc1cccn1C)C(=O)CN(CC(C)C)C(=O)c1cc(OC)cc(OC)c1. The number of hydrogen-bond donors (Lipinski definition) is 0. The van der Waals surface area contributed by atoms with Crippen LogP contribution < -0.4 is 9.47 Å². The molecule has 1 aromatic heterocycles. The van der Waals surface area contributed by atoms with Crippen LogP contribution in [0, 0.1) is 5.92 Å². The third kappa shape index (κ3) is 7.04. The van der Waals surface area contributed by atoms with Crippen LogP contribution in [-0.4, -0.2) is 60.0 Å². The zero-order valence-electron chi connectivity index (χ0n) is 20.3. The van der Waals surface area contributed by atoms with E-state index in [2.05, 4.69) is 6.92 Å². The van der Waals surface area contributed by atoms with Crippen molar-refractivity contribution in [2.75, 3.05) is 33.9 Å². The summed E-state index contributed by atoms with van der Waals surface area (Å²) in [5.74, 6) is 1.03. The molecule has 0 fully saturated rings. The first kappa shape index (κ1) is 25.3. The molecule has 0 radical (unpaired) electrons. The van der Waals surface area contributed by atoms with E-state index in [0.29, 0.717) is 36.7 Å². The number of ether oxygens (including phenoxy) is 2. The molecule has 0 unspecified atom stereocenters. The number of hydrogen-bond acceptors (Lipinski definition) is 4. The quantitative estimate of drug-likeness (QED) is 0.498. The first-order valence-corrected chi connectivity index (χ1v) is 11.2. The summed E-state index contributed by atoms with van der Waals surface area (Å²) in [7, 11) is 5.07. The van der Waals surface area contributed by atoms with E-state index in [9.17, 15) is 9.59 Å². The van der Waals surface area contributed by atoms with Crippen LogP contribution in [0.5, 0.6) is 11.5 Å². The van der Waals surface area contributed by atoms with E-state index in [-0.39, 0.29) is 24.3 Å². The Bertz CT molecular complexity index is 869. The van der Waals surface area contributed by atoms with E-state index in [1.807, 2.05) is 48.7 Å². The van der Waals surface area contributed by atoms with Gasteiger partial charge in [0.2, 0.25) is 5.91 Å². The van der Waals surface area contributed by atoms with Crippen molar-refractivity contribution in [2.24, 2.45) is 13.0 Å². The molecule has 1 aromatic carbocycles. The van der Waals surface area contributed by atoms with E-state index in [4.69, 9.17) is 9.47 Å². The Morgan fingerprint density at radius 3 is 2.22 bits per heavy atom. The highest BCUT2D eigenvalue weighted by atomic mass is 16.5. The Morgan fingerprint density at radius 2 is 1.72 bits per heavy atom. The van der Waals surface area contributed by atoms with Gasteiger partial charge in [0, 0.05) is 43.7 Å². The minimum atomic E-state index is -0.210. The first-order chi connectivity index (χ1) is 15.3. The van der Waals surface area contributed by atoms with Crippen LogP contribution in [0.1, 0.15) is 49.7 Å². The van der Waals surface area contributed by atoms with Gasteiger partial charge in [0.1, 0.15) is 18.0 Å². The summed E-state index contributed by atoms with van der Waals surface area (Å²) < 4.78 is 12.6. The molecule has 1 heterocycles. The van der Waals surface area contributed by atoms with E-state index >= 15 is 0 Å². The summed E-state index contributed by atoms with van der Waals surface area (Å²) in [4.78, 5) is 30.2. The van der Waals surface area contributed by atoms with E-state index < -0.39 is 0 Å². The molecule has 0 atom stereocenters. The number of rotatable bonds is 12. The van der Waals surface area contributed by atoms with Gasteiger partial charge in [-0.05, 0) is 36.6 Å². The van der Waals surface area contributed by atoms with Crippen molar-refractivity contribution in [2.45, 2.75) is 40.2 Å². The van der Waals surface area contributed by atoms with Crippen LogP contribution in [-0.2, 0) is 18.4 Å². The van der Waals surface area contributed by atoms with Gasteiger partial charge < -0.3 is 23.8 Å². The van der Waals surface area contributed by atoms with Crippen LogP contribution in [0.15, 0.2) is 36.5 Å². The summed E-state index contributed by atoms with van der Waals surface area (Å²) in [5, 5.41) is 0. The van der Waals surface area contributed by atoms with Crippen molar-refractivity contribution < 1.29 is 19.1 Å². The Kier molecular flexibility index (Phi) is 9.62. The van der Waals surface area contributed by atoms with Gasteiger partial charge in [-0.3, -0.25) is 9.59 Å². The van der Waals surface area contributed by atoms with Crippen LogP contribution >= 0.6 is 0 Å². The van der Waals surface area contributed by atoms with Crippen molar-refractivity contribution in [3.8, 4) is 11.5 Å². The summed E-state index contributed by atoms with van der Waals surface area (Å²) in [6.07, 6.45) is 3.89. The first-order valence-electron chi connectivity index (χ1n) is 11.2. The third-order valence-corrected chi connectivity index (χ3v) is 5.34. The molecule has 0 spiro atoms. The second-order valence-electron chi connectivity index (χ2n) is 8.46. The van der Waals surface area contributed by atoms with Crippen molar-refractivity contribution in [1.29, 1.82) is 0 Å². The summed E-state index contributed by atoms with van der Waals surface area (Å²) >= 11 is 0. The number of benzene rings is 1. The predicted molar refractivity (Wildman–Crippen MR) is 126 cm³/mol. The lowest BCUT2D eigenvalue weighted by molar-refractivity contribution is -0.132. The highest BCUT2D eigenvalue weighted by molar-refractivity contribution is 5.97. The molecule has 176 valence electrons. The number of carbonyl (C=O) groups is 2. The number of carbonyl (C=O) groups excluding carboxylic acids is 2. The molecule has 7 nitrogen and oxygen atoms in total. The minimum Gasteiger partial charge on any atom is -0.497 e. The molecule has 7 heteroatoms. The molecule has 2 aromatic rings. The number of amides is 2. The molecule has 0 bridgehead atoms. The largest absolute Gasteiger partial charge is 0.497 e. The van der Waals surface area contributed by atoms with Gasteiger partial charge in [-0.15, -0.1) is 0 Å². The average molecular weight is 444 g/mol. The fourth-order valence-corrected chi connectivity index (χ4v) is 3.53. The lowest BCUT2D eigenvalue weighted by atomic mass is 10.1. The Balaban J connectivity index is 2.26. The van der Waals surface area contributed by atoms with Crippen molar-refractivity contribution in [3.63, 3.8) is 0 Å². The minimum absolute atomic E-state index is 0.0324. The lowest BCUT2D eigenvalue weighted by Crippen LogP contribution is -2.44. The zero-order chi connectivity index (χ0) is 23.7. The van der Waals surface area contributed by atoms with E-state index in [1.165, 1.54) is 0 Å².